The molecule has 6 rings (SSSR count). The van der Waals surface area contributed by atoms with E-state index in [4.69, 9.17) is 9.47 Å². The molecule has 1 atom stereocenters. The summed E-state index contributed by atoms with van der Waals surface area (Å²) in [7, 11) is 0. The number of ether oxygens (including phenoxy) is 2. The number of carbonyl (C=O) groups excluding carboxylic acids is 2. The Morgan fingerprint density at radius 2 is 1.85 bits per heavy atom. The minimum absolute atomic E-state index is 0.0590. The van der Waals surface area contributed by atoms with Crippen molar-refractivity contribution in [3.8, 4) is 11.5 Å². The van der Waals surface area contributed by atoms with Gasteiger partial charge in [0.2, 0.25) is 11.8 Å². The van der Waals surface area contributed by atoms with E-state index in [1.165, 1.54) is 5.56 Å². The van der Waals surface area contributed by atoms with Crippen molar-refractivity contribution in [2.24, 2.45) is 0 Å². The van der Waals surface area contributed by atoms with Crippen LogP contribution in [0.15, 0.2) is 60.7 Å². The smallest absolute Gasteiger partial charge is 0.246 e. The molecule has 0 bridgehead atoms. The van der Waals surface area contributed by atoms with Gasteiger partial charge < -0.3 is 19.7 Å². The van der Waals surface area contributed by atoms with Crippen LogP contribution in [0.2, 0.25) is 0 Å². The highest BCUT2D eigenvalue weighted by atomic mass is 16.5. The molecule has 0 aromatic heterocycles. The minimum Gasteiger partial charge on any atom is -0.493 e. The average Bonchev–Trinajstić information content (AvgIpc) is 3.51. The second-order valence-corrected chi connectivity index (χ2v) is 8.76. The summed E-state index contributed by atoms with van der Waals surface area (Å²) in [5, 5.41) is 2.92. The lowest BCUT2D eigenvalue weighted by atomic mass is 9.76. The van der Waals surface area contributed by atoms with Crippen molar-refractivity contribution in [2.45, 2.75) is 25.2 Å². The summed E-state index contributed by atoms with van der Waals surface area (Å²) >= 11 is 0. The SMILES string of the molecule is CCc1ccc(NC(=O)CN2C(=O)C3(COc4cc5c(cc43)CCO5)c3ccccc32)cc1. The Hall–Kier alpha value is -3.80. The van der Waals surface area contributed by atoms with Crippen molar-refractivity contribution in [3.63, 3.8) is 0 Å². The van der Waals surface area contributed by atoms with Crippen LogP contribution < -0.4 is 19.7 Å². The highest BCUT2D eigenvalue weighted by Crippen LogP contribution is 2.53. The number of fused-ring (bicyclic) bond motifs is 5. The summed E-state index contributed by atoms with van der Waals surface area (Å²) in [4.78, 5) is 28.5. The molecule has 0 aliphatic carbocycles. The lowest BCUT2D eigenvalue weighted by Gasteiger charge is -2.23. The van der Waals surface area contributed by atoms with Crippen molar-refractivity contribution in [3.05, 3.63) is 82.9 Å². The fourth-order valence-corrected chi connectivity index (χ4v) is 5.17. The highest BCUT2D eigenvalue weighted by Gasteiger charge is 2.57. The summed E-state index contributed by atoms with van der Waals surface area (Å²) in [6.45, 7) is 2.89. The van der Waals surface area contributed by atoms with Crippen molar-refractivity contribution < 1.29 is 19.1 Å². The maximum absolute atomic E-state index is 14.0. The lowest BCUT2D eigenvalue weighted by Crippen LogP contribution is -2.45. The zero-order valence-electron chi connectivity index (χ0n) is 18.4. The number of anilines is 2. The third-order valence-electron chi connectivity index (χ3n) is 6.91. The van der Waals surface area contributed by atoms with Gasteiger partial charge in [-0.15, -0.1) is 0 Å². The van der Waals surface area contributed by atoms with Crippen molar-refractivity contribution >= 4 is 23.2 Å². The molecule has 0 fully saturated rings. The molecule has 3 aromatic carbocycles. The molecule has 33 heavy (non-hydrogen) atoms. The van der Waals surface area contributed by atoms with Crippen LogP contribution in [0.4, 0.5) is 11.4 Å². The third kappa shape index (κ3) is 2.94. The highest BCUT2D eigenvalue weighted by molar-refractivity contribution is 6.14. The van der Waals surface area contributed by atoms with Gasteiger partial charge in [0.25, 0.3) is 0 Å². The largest absolute Gasteiger partial charge is 0.493 e. The fourth-order valence-electron chi connectivity index (χ4n) is 5.17. The van der Waals surface area contributed by atoms with E-state index < -0.39 is 5.41 Å². The van der Waals surface area contributed by atoms with E-state index in [0.29, 0.717) is 12.4 Å². The molecular weight excluding hydrogens is 416 g/mol. The Bertz CT molecular complexity index is 1280. The number of nitrogens with one attached hydrogen (secondary N) is 1. The fraction of sp³-hybridized carbons (Fsp3) is 0.259. The zero-order valence-corrected chi connectivity index (χ0v) is 18.4. The summed E-state index contributed by atoms with van der Waals surface area (Å²) < 4.78 is 11.7. The van der Waals surface area contributed by atoms with E-state index >= 15 is 0 Å². The Balaban J connectivity index is 1.34. The maximum atomic E-state index is 14.0. The molecule has 1 unspecified atom stereocenters. The molecule has 0 saturated carbocycles. The molecule has 1 N–H and O–H groups in total. The normalized spacial score (nSPS) is 19.7. The van der Waals surface area contributed by atoms with Gasteiger partial charge in [0.1, 0.15) is 30.1 Å². The van der Waals surface area contributed by atoms with E-state index in [1.807, 2.05) is 54.6 Å². The van der Waals surface area contributed by atoms with Gasteiger partial charge in [-0.3, -0.25) is 9.59 Å². The molecule has 1 spiro atoms. The van der Waals surface area contributed by atoms with Crippen LogP contribution in [0, 0.1) is 0 Å². The lowest BCUT2D eigenvalue weighted by molar-refractivity contribution is -0.124. The number of rotatable bonds is 4. The Kier molecular flexibility index (Phi) is 4.43. The van der Waals surface area contributed by atoms with Gasteiger partial charge in [0.05, 0.1) is 6.61 Å². The summed E-state index contributed by atoms with van der Waals surface area (Å²) in [6, 6.07) is 19.4. The van der Waals surface area contributed by atoms with Crippen LogP contribution in [0.3, 0.4) is 0 Å². The third-order valence-corrected chi connectivity index (χ3v) is 6.91. The van der Waals surface area contributed by atoms with E-state index in [9.17, 15) is 9.59 Å². The first kappa shape index (κ1) is 19.9. The van der Waals surface area contributed by atoms with E-state index in [1.54, 1.807) is 4.90 Å². The van der Waals surface area contributed by atoms with Crippen molar-refractivity contribution in [1.82, 2.24) is 0 Å². The predicted octanol–water partition coefficient (Wildman–Crippen LogP) is 3.85. The molecule has 0 radical (unpaired) electrons. The second kappa shape index (κ2) is 7.37. The number of amides is 2. The molecule has 3 aromatic rings. The second-order valence-electron chi connectivity index (χ2n) is 8.76. The first-order chi connectivity index (χ1) is 16.1. The molecule has 3 aliphatic rings. The molecule has 166 valence electrons. The van der Waals surface area contributed by atoms with Gasteiger partial charge in [0.15, 0.2) is 0 Å². The van der Waals surface area contributed by atoms with Crippen molar-refractivity contribution in [1.29, 1.82) is 0 Å². The van der Waals surface area contributed by atoms with Crippen molar-refractivity contribution in [2.75, 3.05) is 30.0 Å². The standard InChI is InChI=1S/C27H24N2O4/c1-2-17-7-9-19(10-8-17)28-25(30)15-29-22-6-4-3-5-20(22)27(26(29)31)16-33-24-14-23-18(11-12-32-23)13-21(24)27/h3-10,13-14H,2,11-12,15-16H2,1H3,(H,28,30). The van der Waals surface area contributed by atoms with Crippen LogP contribution in [0.25, 0.3) is 0 Å². The molecule has 3 aliphatic heterocycles. The number of para-hydroxylation sites is 1. The first-order valence-electron chi connectivity index (χ1n) is 11.3. The number of hydrogen-bond acceptors (Lipinski definition) is 4. The topological polar surface area (TPSA) is 67.9 Å². The minimum atomic E-state index is -0.938. The first-order valence-corrected chi connectivity index (χ1v) is 11.3. The van der Waals surface area contributed by atoms with Gasteiger partial charge in [0, 0.05) is 29.4 Å². The number of hydrogen-bond donors (Lipinski definition) is 1. The maximum Gasteiger partial charge on any atom is 0.246 e. The summed E-state index contributed by atoms with van der Waals surface area (Å²) in [5.41, 5.74) is 4.58. The van der Waals surface area contributed by atoms with Gasteiger partial charge in [-0.25, -0.2) is 0 Å². The zero-order chi connectivity index (χ0) is 22.6. The number of nitrogens with zero attached hydrogens (tertiary/aromatic N) is 1. The van der Waals surface area contributed by atoms with E-state index in [2.05, 4.69) is 18.3 Å². The molecule has 0 saturated heterocycles. The number of aryl methyl sites for hydroxylation is 1. The summed E-state index contributed by atoms with van der Waals surface area (Å²) in [6.07, 6.45) is 1.76. The average molecular weight is 440 g/mol. The predicted molar refractivity (Wildman–Crippen MR) is 125 cm³/mol. The molecule has 6 nitrogen and oxygen atoms in total. The molecule has 6 heteroatoms. The van der Waals surface area contributed by atoms with Gasteiger partial charge in [-0.05, 0) is 47.4 Å². The van der Waals surface area contributed by atoms with E-state index in [-0.39, 0.29) is 25.0 Å². The number of benzene rings is 3. The Morgan fingerprint density at radius 3 is 2.67 bits per heavy atom. The monoisotopic (exact) mass is 440 g/mol. The van der Waals surface area contributed by atoms with Crippen LogP contribution >= 0.6 is 0 Å². The van der Waals surface area contributed by atoms with Gasteiger partial charge in [-0.1, -0.05) is 37.3 Å². The number of carbonyl (C=O) groups is 2. The van der Waals surface area contributed by atoms with Crippen LogP contribution in [0.5, 0.6) is 11.5 Å². The van der Waals surface area contributed by atoms with Gasteiger partial charge >= 0.3 is 0 Å². The molecule has 3 heterocycles. The van der Waals surface area contributed by atoms with Crippen LogP contribution in [-0.2, 0) is 27.8 Å². The van der Waals surface area contributed by atoms with E-state index in [0.717, 1.165) is 46.7 Å². The van der Waals surface area contributed by atoms with Gasteiger partial charge in [-0.2, -0.15) is 0 Å². The van der Waals surface area contributed by atoms with Crippen LogP contribution in [-0.4, -0.2) is 31.6 Å². The Labute approximate surface area is 192 Å². The quantitative estimate of drug-likeness (QED) is 0.669. The molecule has 2 amide bonds. The summed E-state index contributed by atoms with van der Waals surface area (Å²) in [5.74, 6) is 1.15. The Morgan fingerprint density at radius 1 is 1.03 bits per heavy atom. The molecular formula is C27H24N2O4. The van der Waals surface area contributed by atoms with Crippen LogP contribution in [0.1, 0.15) is 29.2 Å².